The zero-order valence-corrected chi connectivity index (χ0v) is 13.2. The molecule has 0 fully saturated rings. The molecule has 1 aromatic carbocycles. The standard InChI is InChI=1S/C15H19N3O2S/c1-11-7-8-17-10-14(11)18-21(19,20)15-6-4-5-13(9-16-3)12(15)2/h4-8,10,16,18H,9H2,1-3H3. The molecule has 0 aliphatic carbocycles. The highest BCUT2D eigenvalue weighted by atomic mass is 32.2. The van der Waals surface area contributed by atoms with E-state index in [9.17, 15) is 8.42 Å². The lowest BCUT2D eigenvalue weighted by Gasteiger charge is -2.14. The van der Waals surface area contributed by atoms with Crippen LogP contribution in [0.2, 0.25) is 0 Å². The van der Waals surface area contributed by atoms with Crippen molar-refractivity contribution in [3.8, 4) is 0 Å². The van der Waals surface area contributed by atoms with E-state index < -0.39 is 10.0 Å². The quantitative estimate of drug-likeness (QED) is 0.888. The van der Waals surface area contributed by atoms with Crippen molar-refractivity contribution in [2.75, 3.05) is 11.8 Å². The molecule has 0 spiro atoms. The van der Waals surface area contributed by atoms with Gasteiger partial charge in [-0.25, -0.2) is 8.42 Å². The number of sulfonamides is 1. The summed E-state index contributed by atoms with van der Waals surface area (Å²) >= 11 is 0. The summed E-state index contributed by atoms with van der Waals surface area (Å²) in [5.74, 6) is 0. The predicted molar refractivity (Wildman–Crippen MR) is 83.7 cm³/mol. The van der Waals surface area contributed by atoms with Gasteiger partial charge in [-0.1, -0.05) is 12.1 Å². The number of hydrogen-bond donors (Lipinski definition) is 2. The average molecular weight is 305 g/mol. The molecule has 0 aliphatic rings. The fourth-order valence-electron chi connectivity index (χ4n) is 2.10. The molecule has 5 nitrogen and oxygen atoms in total. The molecule has 1 aromatic heterocycles. The number of aromatic nitrogens is 1. The van der Waals surface area contributed by atoms with Gasteiger partial charge < -0.3 is 5.32 Å². The Morgan fingerprint density at radius 1 is 1.19 bits per heavy atom. The van der Waals surface area contributed by atoms with Crippen molar-refractivity contribution in [2.24, 2.45) is 0 Å². The lowest BCUT2D eigenvalue weighted by molar-refractivity contribution is 0.600. The van der Waals surface area contributed by atoms with Crippen LogP contribution in [0.15, 0.2) is 41.6 Å². The number of rotatable bonds is 5. The van der Waals surface area contributed by atoms with Crippen LogP contribution in [-0.4, -0.2) is 20.4 Å². The van der Waals surface area contributed by atoms with Gasteiger partial charge in [-0.3, -0.25) is 9.71 Å². The maximum absolute atomic E-state index is 12.6. The van der Waals surface area contributed by atoms with Gasteiger partial charge >= 0.3 is 0 Å². The highest BCUT2D eigenvalue weighted by Gasteiger charge is 2.19. The molecule has 0 unspecified atom stereocenters. The van der Waals surface area contributed by atoms with Gasteiger partial charge in [0.1, 0.15) is 0 Å². The zero-order chi connectivity index (χ0) is 15.5. The lowest BCUT2D eigenvalue weighted by atomic mass is 10.1. The molecule has 1 heterocycles. The molecule has 112 valence electrons. The van der Waals surface area contributed by atoms with E-state index in [0.29, 0.717) is 17.1 Å². The molecular weight excluding hydrogens is 286 g/mol. The number of benzene rings is 1. The second kappa shape index (κ2) is 6.24. The van der Waals surface area contributed by atoms with Gasteiger partial charge in [-0.05, 0) is 49.7 Å². The van der Waals surface area contributed by atoms with Crippen molar-refractivity contribution in [3.05, 3.63) is 53.3 Å². The van der Waals surface area contributed by atoms with Crippen LogP contribution in [0.4, 0.5) is 5.69 Å². The first-order valence-electron chi connectivity index (χ1n) is 6.62. The van der Waals surface area contributed by atoms with E-state index in [-0.39, 0.29) is 0 Å². The monoisotopic (exact) mass is 305 g/mol. The van der Waals surface area contributed by atoms with E-state index in [0.717, 1.165) is 16.7 Å². The summed E-state index contributed by atoms with van der Waals surface area (Å²) in [6.45, 7) is 4.28. The van der Waals surface area contributed by atoms with Crippen LogP contribution < -0.4 is 10.0 Å². The average Bonchev–Trinajstić information content (AvgIpc) is 2.43. The first kappa shape index (κ1) is 15.5. The van der Waals surface area contributed by atoms with Gasteiger partial charge in [0.2, 0.25) is 0 Å². The van der Waals surface area contributed by atoms with E-state index in [4.69, 9.17) is 0 Å². The zero-order valence-electron chi connectivity index (χ0n) is 12.3. The third-order valence-electron chi connectivity index (χ3n) is 3.34. The first-order valence-corrected chi connectivity index (χ1v) is 8.10. The van der Waals surface area contributed by atoms with Crippen molar-refractivity contribution in [2.45, 2.75) is 25.3 Å². The summed E-state index contributed by atoms with van der Waals surface area (Å²) in [6, 6.07) is 7.05. The van der Waals surface area contributed by atoms with Crippen molar-refractivity contribution in [1.29, 1.82) is 0 Å². The molecule has 0 amide bonds. The maximum Gasteiger partial charge on any atom is 0.262 e. The van der Waals surface area contributed by atoms with Gasteiger partial charge in [0.05, 0.1) is 16.8 Å². The second-order valence-corrected chi connectivity index (χ2v) is 6.52. The maximum atomic E-state index is 12.6. The van der Waals surface area contributed by atoms with E-state index in [2.05, 4.69) is 15.0 Å². The van der Waals surface area contributed by atoms with Crippen LogP contribution in [0.1, 0.15) is 16.7 Å². The third-order valence-corrected chi connectivity index (χ3v) is 4.85. The number of nitrogens with one attached hydrogen (secondary N) is 2. The minimum absolute atomic E-state index is 0.290. The molecule has 0 radical (unpaired) electrons. The van der Waals surface area contributed by atoms with Crippen LogP contribution in [0.5, 0.6) is 0 Å². The number of anilines is 1. The number of pyridine rings is 1. The predicted octanol–water partition coefficient (Wildman–Crippen LogP) is 2.22. The molecule has 0 saturated carbocycles. The summed E-state index contributed by atoms with van der Waals surface area (Å²) in [5, 5.41) is 3.04. The highest BCUT2D eigenvalue weighted by molar-refractivity contribution is 7.92. The molecule has 0 bridgehead atoms. The SMILES string of the molecule is CNCc1cccc(S(=O)(=O)Nc2cnccc2C)c1C. The third kappa shape index (κ3) is 3.40. The fourth-order valence-corrected chi connectivity index (χ4v) is 3.51. The molecular formula is C15H19N3O2S. The summed E-state index contributed by atoms with van der Waals surface area (Å²) in [5.41, 5.74) is 3.04. The van der Waals surface area contributed by atoms with E-state index in [1.807, 2.05) is 27.0 Å². The van der Waals surface area contributed by atoms with Crippen LogP contribution in [0.3, 0.4) is 0 Å². The lowest BCUT2D eigenvalue weighted by Crippen LogP contribution is -2.17. The van der Waals surface area contributed by atoms with Gasteiger partial charge in [-0.2, -0.15) is 0 Å². The van der Waals surface area contributed by atoms with E-state index in [1.54, 1.807) is 24.4 Å². The Kier molecular flexibility index (Phi) is 4.59. The van der Waals surface area contributed by atoms with Crippen molar-refractivity contribution >= 4 is 15.7 Å². The molecule has 2 N–H and O–H groups in total. The van der Waals surface area contributed by atoms with Gasteiger partial charge in [0.15, 0.2) is 0 Å². The van der Waals surface area contributed by atoms with Crippen molar-refractivity contribution in [1.82, 2.24) is 10.3 Å². The van der Waals surface area contributed by atoms with Gasteiger partial charge in [0, 0.05) is 12.7 Å². The van der Waals surface area contributed by atoms with Crippen molar-refractivity contribution < 1.29 is 8.42 Å². The second-order valence-electron chi connectivity index (χ2n) is 4.87. The van der Waals surface area contributed by atoms with Crippen LogP contribution in [0.25, 0.3) is 0 Å². The van der Waals surface area contributed by atoms with Gasteiger partial charge in [-0.15, -0.1) is 0 Å². The van der Waals surface area contributed by atoms with E-state index >= 15 is 0 Å². The molecule has 0 saturated heterocycles. The number of aryl methyl sites for hydroxylation is 1. The van der Waals surface area contributed by atoms with Crippen molar-refractivity contribution in [3.63, 3.8) is 0 Å². The molecule has 0 atom stereocenters. The largest absolute Gasteiger partial charge is 0.316 e. The summed E-state index contributed by atoms with van der Waals surface area (Å²) in [7, 11) is -1.79. The molecule has 6 heteroatoms. The summed E-state index contributed by atoms with van der Waals surface area (Å²) < 4.78 is 27.7. The molecule has 2 rings (SSSR count). The Balaban J connectivity index is 2.41. The minimum atomic E-state index is -3.63. The highest BCUT2D eigenvalue weighted by Crippen LogP contribution is 2.23. The van der Waals surface area contributed by atoms with Crippen LogP contribution in [-0.2, 0) is 16.6 Å². The Morgan fingerprint density at radius 2 is 1.95 bits per heavy atom. The van der Waals surface area contributed by atoms with Crippen LogP contribution >= 0.6 is 0 Å². The molecule has 2 aromatic rings. The summed E-state index contributed by atoms with van der Waals surface area (Å²) in [6.07, 6.45) is 3.14. The Hall–Kier alpha value is -1.92. The molecule has 21 heavy (non-hydrogen) atoms. The topological polar surface area (TPSA) is 71.1 Å². The number of hydrogen-bond acceptors (Lipinski definition) is 4. The molecule has 0 aliphatic heterocycles. The Morgan fingerprint density at radius 3 is 2.62 bits per heavy atom. The Labute approximate surface area is 125 Å². The fraction of sp³-hybridized carbons (Fsp3) is 0.267. The summed E-state index contributed by atoms with van der Waals surface area (Å²) in [4.78, 5) is 4.25. The normalized spacial score (nSPS) is 11.4. The van der Waals surface area contributed by atoms with Gasteiger partial charge in [0.25, 0.3) is 10.0 Å². The number of nitrogens with zero attached hydrogens (tertiary/aromatic N) is 1. The van der Waals surface area contributed by atoms with Crippen LogP contribution in [0, 0.1) is 13.8 Å². The Bertz CT molecular complexity index is 742. The smallest absolute Gasteiger partial charge is 0.262 e. The minimum Gasteiger partial charge on any atom is -0.316 e. The first-order chi connectivity index (χ1) is 9.95. The van der Waals surface area contributed by atoms with E-state index in [1.165, 1.54) is 6.20 Å².